The van der Waals surface area contributed by atoms with Crippen molar-refractivity contribution in [2.75, 3.05) is 11.4 Å². The van der Waals surface area contributed by atoms with E-state index in [9.17, 15) is 5.11 Å². The predicted molar refractivity (Wildman–Crippen MR) is 81.4 cm³/mol. The first-order chi connectivity index (χ1) is 9.81. The fourth-order valence-corrected chi connectivity index (χ4v) is 2.80. The number of aliphatic hydroxyl groups excluding tert-OH is 2. The summed E-state index contributed by atoms with van der Waals surface area (Å²) < 4.78 is 6.01. The molecule has 0 saturated carbocycles. The van der Waals surface area contributed by atoms with Crippen LogP contribution >= 0.6 is 0 Å². The van der Waals surface area contributed by atoms with Crippen LogP contribution in [0, 0.1) is 19.8 Å². The third-order valence-electron chi connectivity index (χ3n) is 3.86. The Kier molecular flexibility index (Phi) is 4.76. The molecule has 1 aliphatic heterocycles. The molecule has 0 aliphatic carbocycles. The summed E-state index contributed by atoms with van der Waals surface area (Å²) in [5, 5.41) is 28.8. The zero-order valence-corrected chi connectivity index (χ0v) is 13.1. The highest BCUT2D eigenvalue weighted by molar-refractivity contribution is 5.65. The molecule has 0 radical (unpaired) electrons. The number of aliphatic hydroxyl groups is 3. The van der Waals surface area contributed by atoms with Gasteiger partial charge in [-0.1, -0.05) is 19.9 Å². The monoisotopic (exact) mass is 295 g/mol. The highest BCUT2D eigenvalue weighted by Crippen LogP contribution is 2.40. The lowest BCUT2D eigenvalue weighted by Gasteiger charge is -2.43. The minimum absolute atomic E-state index is 0.149. The molecule has 118 valence electrons. The van der Waals surface area contributed by atoms with Crippen LogP contribution in [0.2, 0.25) is 0 Å². The van der Waals surface area contributed by atoms with Gasteiger partial charge in [0.2, 0.25) is 0 Å². The Balaban J connectivity index is 2.41. The van der Waals surface area contributed by atoms with E-state index in [1.165, 1.54) is 0 Å². The number of hydrogen-bond acceptors (Lipinski definition) is 5. The zero-order chi connectivity index (χ0) is 15.7. The lowest BCUT2D eigenvalue weighted by atomic mass is 9.99. The van der Waals surface area contributed by atoms with Crippen LogP contribution in [0.25, 0.3) is 0 Å². The van der Waals surface area contributed by atoms with Crippen molar-refractivity contribution in [3.8, 4) is 5.75 Å². The number of rotatable bonds is 4. The summed E-state index contributed by atoms with van der Waals surface area (Å²) in [6.07, 6.45) is -2.34. The molecule has 1 aliphatic rings. The van der Waals surface area contributed by atoms with Gasteiger partial charge in [-0.15, -0.1) is 0 Å². The molecule has 5 nitrogen and oxygen atoms in total. The van der Waals surface area contributed by atoms with E-state index in [1.54, 1.807) is 0 Å². The van der Waals surface area contributed by atoms with Gasteiger partial charge >= 0.3 is 0 Å². The maximum Gasteiger partial charge on any atom is 0.164 e. The average Bonchev–Trinajstić information content (AvgIpc) is 2.36. The van der Waals surface area contributed by atoms with Crippen molar-refractivity contribution in [3.63, 3.8) is 0 Å². The number of ether oxygens (including phenoxy) is 1. The molecule has 0 bridgehead atoms. The maximum absolute atomic E-state index is 10.6. The first-order valence-electron chi connectivity index (χ1n) is 7.40. The minimum Gasteiger partial charge on any atom is -0.483 e. The van der Waals surface area contributed by atoms with Crippen molar-refractivity contribution < 1.29 is 20.1 Å². The van der Waals surface area contributed by atoms with Gasteiger partial charge in [0, 0.05) is 13.0 Å². The van der Waals surface area contributed by atoms with Gasteiger partial charge in [0.25, 0.3) is 0 Å². The van der Waals surface area contributed by atoms with Gasteiger partial charge in [0.15, 0.2) is 12.5 Å². The lowest BCUT2D eigenvalue weighted by molar-refractivity contribution is -0.0489. The van der Waals surface area contributed by atoms with Crippen molar-refractivity contribution in [2.45, 2.75) is 52.7 Å². The Morgan fingerprint density at radius 2 is 1.90 bits per heavy atom. The summed E-state index contributed by atoms with van der Waals surface area (Å²) in [6, 6.07) is 4.01. The van der Waals surface area contributed by atoms with Crippen molar-refractivity contribution in [1.82, 2.24) is 0 Å². The number of anilines is 1. The number of benzene rings is 1. The summed E-state index contributed by atoms with van der Waals surface area (Å²) in [5.41, 5.74) is 2.93. The van der Waals surface area contributed by atoms with E-state index in [-0.39, 0.29) is 18.4 Å². The maximum atomic E-state index is 10.6. The van der Waals surface area contributed by atoms with Crippen LogP contribution in [0.1, 0.15) is 31.4 Å². The van der Waals surface area contributed by atoms with E-state index in [0.29, 0.717) is 6.54 Å². The fraction of sp³-hybridized carbons (Fsp3) is 0.625. The summed E-state index contributed by atoms with van der Waals surface area (Å²) in [4.78, 5) is 1.81. The molecule has 1 aromatic rings. The summed E-state index contributed by atoms with van der Waals surface area (Å²) in [6.45, 7) is 8.34. The van der Waals surface area contributed by atoms with Gasteiger partial charge in [-0.05, 0) is 37.0 Å². The van der Waals surface area contributed by atoms with Crippen molar-refractivity contribution in [1.29, 1.82) is 0 Å². The molecule has 1 heterocycles. The smallest absolute Gasteiger partial charge is 0.164 e. The normalized spacial score (nSPS) is 21.7. The molecule has 0 spiro atoms. The molecule has 2 atom stereocenters. The zero-order valence-electron chi connectivity index (χ0n) is 13.1. The third-order valence-corrected chi connectivity index (χ3v) is 3.86. The second-order valence-electron chi connectivity index (χ2n) is 6.13. The molecule has 0 aromatic heterocycles. The number of nitrogens with zero attached hydrogens (tertiary/aromatic N) is 1. The minimum atomic E-state index is -1.38. The molecule has 21 heavy (non-hydrogen) atoms. The largest absolute Gasteiger partial charge is 0.483 e. The van der Waals surface area contributed by atoms with Gasteiger partial charge in [-0.25, -0.2) is 0 Å². The summed E-state index contributed by atoms with van der Waals surface area (Å²) in [7, 11) is 0. The molecule has 3 N–H and O–H groups in total. The molecular weight excluding hydrogens is 270 g/mol. The molecule has 2 rings (SSSR count). The van der Waals surface area contributed by atoms with E-state index < -0.39 is 12.5 Å². The second kappa shape index (κ2) is 6.22. The number of fused-ring (bicyclic) bond motifs is 1. The topological polar surface area (TPSA) is 73.2 Å². The second-order valence-corrected chi connectivity index (χ2v) is 6.13. The van der Waals surface area contributed by atoms with Gasteiger partial charge in [0.05, 0.1) is 5.69 Å². The number of aryl methyl sites for hydroxylation is 2. The van der Waals surface area contributed by atoms with Crippen molar-refractivity contribution >= 4 is 5.69 Å². The molecule has 0 fully saturated rings. The van der Waals surface area contributed by atoms with E-state index in [0.717, 1.165) is 22.6 Å². The van der Waals surface area contributed by atoms with Crippen LogP contribution in [0.3, 0.4) is 0 Å². The number of hydrogen-bond donors (Lipinski definition) is 3. The van der Waals surface area contributed by atoms with E-state index in [2.05, 4.69) is 0 Å². The van der Waals surface area contributed by atoms with Crippen LogP contribution < -0.4 is 9.64 Å². The third kappa shape index (κ3) is 3.31. The highest BCUT2D eigenvalue weighted by atomic mass is 16.5. The van der Waals surface area contributed by atoms with Crippen LogP contribution in [-0.2, 0) is 0 Å². The molecule has 5 heteroatoms. The predicted octanol–water partition coefficient (Wildman–Crippen LogP) is 1.55. The van der Waals surface area contributed by atoms with E-state index in [4.69, 9.17) is 14.9 Å². The quantitative estimate of drug-likeness (QED) is 0.735. The van der Waals surface area contributed by atoms with E-state index >= 15 is 0 Å². The standard InChI is InChI=1S/C16H25NO4/c1-9(2)14-16(20)17(6-5-13(18)19)12-8-10(3)7-11(4)15(12)21-14/h7-9,13-14,16,18-20H,5-6H2,1-4H3. The lowest BCUT2D eigenvalue weighted by Crippen LogP contribution is -2.52. The van der Waals surface area contributed by atoms with Gasteiger partial charge in [-0.2, -0.15) is 0 Å². The Morgan fingerprint density at radius 3 is 2.48 bits per heavy atom. The molecule has 2 unspecified atom stereocenters. The van der Waals surface area contributed by atoms with E-state index in [1.807, 2.05) is 44.7 Å². The van der Waals surface area contributed by atoms with Gasteiger partial charge < -0.3 is 25.0 Å². The Bertz CT molecular complexity index is 501. The molecule has 1 aromatic carbocycles. The fourth-order valence-electron chi connectivity index (χ4n) is 2.80. The van der Waals surface area contributed by atoms with Gasteiger partial charge in [-0.3, -0.25) is 0 Å². The van der Waals surface area contributed by atoms with Crippen LogP contribution in [0.4, 0.5) is 5.69 Å². The first-order valence-corrected chi connectivity index (χ1v) is 7.40. The SMILES string of the molecule is Cc1cc(C)c2c(c1)N(CCC(O)O)C(O)C(C(C)C)O2. The highest BCUT2D eigenvalue weighted by Gasteiger charge is 2.37. The van der Waals surface area contributed by atoms with Crippen LogP contribution in [-0.4, -0.2) is 40.5 Å². The molecule has 0 amide bonds. The Labute approximate surface area is 125 Å². The first kappa shape index (κ1) is 16.1. The summed E-state index contributed by atoms with van der Waals surface area (Å²) in [5.74, 6) is 0.924. The summed E-state index contributed by atoms with van der Waals surface area (Å²) >= 11 is 0. The molecular formula is C16H25NO4. The average molecular weight is 295 g/mol. The van der Waals surface area contributed by atoms with Crippen LogP contribution in [0.5, 0.6) is 5.75 Å². The van der Waals surface area contributed by atoms with Crippen molar-refractivity contribution in [2.24, 2.45) is 5.92 Å². The molecule has 0 saturated heterocycles. The Hall–Kier alpha value is -1.30. The van der Waals surface area contributed by atoms with Gasteiger partial charge in [0.1, 0.15) is 11.9 Å². The van der Waals surface area contributed by atoms with Crippen LogP contribution in [0.15, 0.2) is 12.1 Å². The Morgan fingerprint density at radius 1 is 1.24 bits per heavy atom. The van der Waals surface area contributed by atoms with Crippen molar-refractivity contribution in [3.05, 3.63) is 23.3 Å².